The summed E-state index contributed by atoms with van der Waals surface area (Å²) in [4.78, 5) is 2.36. The minimum Gasteiger partial charge on any atom is -0.395 e. The molecule has 1 aliphatic heterocycles. The normalized spacial score (nSPS) is 26.2. The van der Waals surface area contributed by atoms with Gasteiger partial charge in [0.25, 0.3) is 0 Å². The van der Waals surface area contributed by atoms with Gasteiger partial charge in [-0.15, -0.1) is 0 Å². The number of aliphatic hydroxyl groups is 1. The zero-order valence-electron chi connectivity index (χ0n) is 11.0. The van der Waals surface area contributed by atoms with Gasteiger partial charge in [0.1, 0.15) is 0 Å². The Bertz CT molecular complexity index is 384. The predicted octanol–water partition coefficient (Wildman–Crippen LogP) is 1.95. The van der Waals surface area contributed by atoms with E-state index in [0.29, 0.717) is 12.1 Å². The molecule has 1 atom stereocenters. The van der Waals surface area contributed by atoms with Crippen LogP contribution in [0.5, 0.6) is 0 Å². The van der Waals surface area contributed by atoms with E-state index in [-0.39, 0.29) is 6.61 Å². The van der Waals surface area contributed by atoms with Crippen LogP contribution in [0, 0.1) is 0 Å². The van der Waals surface area contributed by atoms with Gasteiger partial charge in [-0.05, 0) is 38.3 Å². The summed E-state index contributed by atoms with van der Waals surface area (Å²) in [5.74, 6) is 0. The molecule has 1 saturated heterocycles. The monoisotopic (exact) mass is 249 g/mol. The molecule has 18 heavy (non-hydrogen) atoms. The standard InChI is InChI=1S/C14H23N3O/c18-11-14-6-3-8-16(14)10-12-7-9-17(15-12)13-4-1-2-5-13/h7,9,13-14,18H,1-6,8,10-11H2/t14-/m0/s1. The van der Waals surface area contributed by atoms with E-state index in [4.69, 9.17) is 5.10 Å². The van der Waals surface area contributed by atoms with Crippen LogP contribution >= 0.6 is 0 Å². The van der Waals surface area contributed by atoms with Crippen LogP contribution in [0.15, 0.2) is 12.3 Å². The molecule has 1 N–H and O–H groups in total. The molecule has 1 aliphatic carbocycles. The van der Waals surface area contributed by atoms with Crippen molar-refractivity contribution in [3.05, 3.63) is 18.0 Å². The van der Waals surface area contributed by atoms with Crippen LogP contribution in [0.1, 0.15) is 50.3 Å². The molecule has 0 aromatic carbocycles. The van der Waals surface area contributed by atoms with Crippen molar-refractivity contribution in [2.45, 2.75) is 57.2 Å². The fourth-order valence-electron chi connectivity index (χ4n) is 3.35. The first-order valence-electron chi connectivity index (χ1n) is 7.26. The van der Waals surface area contributed by atoms with E-state index in [1.165, 1.54) is 32.1 Å². The summed E-state index contributed by atoms with van der Waals surface area (Å²) in [6.45, 7) is 2.27. The summed E-state index contributed by atoms with van der Waals surface area (Å²) in [7, 11) is 0. The number of likely N-dealkylation sites (tertiary alicyclic amines) is 1. The lowest BCUT2D eigenvalue weighted by Crippen LogP contribution is -2.31. The Labute approximate surface area is 109 Å². The first-order chi connectivity index (χ1) is 8.86. The lowest BCUT2D eigenvalue weighted by molar-refractivity contribution is 0.152. The summed E-state index contributed by atoms with van der Waals surface area (Å²) in [6, 6.07) is 3.12. The van der Waals surface area contributed by atoms with Crippen LogP contribution < -0.4 is 0 Å². The maximum Gasteiger partial charge on any atom is 0.0765 e. The Hall–Kier alpha value is -0.870. The molecule has 0 bridgehead atoms. The molecule has 0 spiro atoms. The van der Waals surface area contributed by atoms with Crippen molar-refractivity contribution in [3.63, 3.8) is 0 Å². The molecule has 0 radical (unpaired) electrons. The van der Waals surface area contributed by atoms with Gasteiger partial charge >= 0.3 is 0 Å². The summed E-state index contributed by atoms with van der Waals surface area (Å²) >= 11 is 0. The zero-order chi connectivity index (χ0) is 12.4. The van der Waals surface area contributed by atoms with Gasteiger partial charge < -0.3 is 5.11 Å². The number of hydrogen-bond donors (Lipinski definition) is 1. The average Bonchev–Trinajstić information content (AvgIpc) is 3.10. The van der Waals surface area contributed by atoms with E-state index in [2.05, 4.69) is 21.8 Å². The highest BCUT2D eigenvalue weighted by Crippen LogP contribution is 2.29. The molecule has 1 aromatic rings. The SMILES string of the molecule is OC[C@@H]1CCCN1Cc1ccn(C2CCCC2)n1. The molecule has 0 amide bonds. The fourth-order valence-corrected chi connectivity index (χ4v) is 3.35. The average molecular weight is 249 g/mol. The Morgan fingerprint density at radius 3 is 2.83 bits per heavy atom. The van der Waals surface area contributed by atoms with Crippen LogP contribution in [-0.2, 0) is 6.54 Å². The van der Waals surface area contributed by atoms with Gasteiger partial charge in [0.2, 0.25) is 0 Å². The van der Waals surface area contributed by atoms with E-state index < -0.39 is 0 Å². The zero-order valence-corrected chi connectivity index (χ0v) is 11.0. The van der Waals surface area contributed by atoms with Gasteiger partial charge in [-0.2, -0.15) is 5.10 Å². The smallest absolute Gasteiger partial charge is 0.0765 e. The third-order valence-corrected chi connectivity index (χ3v) is 4.44. The van der Waals surface area contributed by atoms with Crippen molar-refractivity contribution in [2.75, 3.05) is 13.2 Å². The van der Waals surface area contributed by atoms with Gasteiger partial charge in [0.05, 0.1) is 18.3 Å². The van der Waals surface area contributed by atoms with E-state index in [9.17, 15) is 5.11 Å². The van der Waals surface area contributed by atoms with Crippen LogP contribution in [0.25, 0.3) is 0 Å². The Morgan fingerprint density at radius 1 is 1.22 bits per heavy atom. The highest BCUT2D eigenvalue weighted by atomic mass is 16.3. The topological polar surface area (TPSA) is 41.3 Å². The van der Waals surface area contributed by atoms with Crippen LogP contribution in [0.4, 0.5) is 0 Å². The van der Waals surface area contributed by atoms with Crippen molar-refractivity contribution < 1.29 is 5.11 Å². The Kier molecular flexibility index (Phi) is 3.66. The second-order valence-electron chi connectivity index (χ2n) is 5.67. The van der Waals surface area contributed by atoms with E-state index in [0.717, 1.165) is 25.2 Å². The van der Waals surface area contributed by atoms with Gasteiger partial charge in [-0.1, -0.05) is 12.8 Å². The lowest BCUT2D eigenvalue weighted by Gasteiger charge is -2.21. The highest BCUT2D eigenvalue weighted by Gasteiger charge is 2.24. The largest absolute Gasteiger partial charge is 0.395 e. The molecule has 4 nitrogen and oxygen atoms in total. The minimum atomic E-state index is 0.281. The van der Waals surface area contributed by atoms with Gasteiger partial charge in [0.15, 0.2) is 0 Å². The first kappa shape index (κ1) is 12.2. The van der Waals surface area contributed by atoms with E-state index >= 15 is 0 Å². The summed E-state index contributed by atoms with van der Waals surface area (Å²) in [5, 5.41) is 14.0. The number of aliphatic hydroxyl groups excluding tert-OH is 1. The molecule has 3 rings (SSSR count). The molecule has 2 fully saturated rings. The molecule has 1 aromatic heterocycles. The first-order valence-corrected chi connectivity index (χ1v) is 7.26. The minimum absolute atomic E-state index is 0.281. The van der Waals surface area contributed by atoms with Crippen molar-refractivity contribution >= 4 is 0 Å². The van der Waals surface area contributed by atoms with Crippen molar-refractivity contribution in [3.8, 4) is 0 Å². The van der Waals surface area contributed by atoms with E-state index in [1.54, 1.807) is 0 Å². The molecule has 2 heterocycles. The maximum absolute atomic E-state index is 9.32. The highest BCUT2D eigenvalue weighted by molar-refractivity contribution is 5.01. The maximum atomic E-state index is 9.32. The van der Waals surface area contributed by atoms with Gasteiger partial charge in [-0.3, -0.25) is 9.58 Å². The molecule has 0 unspecified atom stereocenters. The predicted molar refractivity (Wildman–Crippen MR) is 70.2 cm³/mol. The quantitative estimate of drug-likeness (QED) is 0.887. The number of nitrogens with zero attached hydrogens (tertiary/aromatic N) is 3. The second-order valence-corrected chi connectivity index (χ2v) is 5.67. The molecule has 2 aliphatic rings. The second kappa shape index (κ2) is 5.41. The third-order valence-electron chi connectivity index (χ3n) is 4.44. The third kappa shape index (κ3) is 2.45. The van der Waals surface area contributed by atoms with Crippen molar-refractivity contribution in [2.24, 2.45) is 0 Å². The van der Waals surface area contributed by atoms with Crippen LogP contribution in [0.3, 0.4) is 0 Å². The molecule has 1 saturated carbocycles. The van der Waals surface area contributed by atoms with Crippen molar-refractivity contribution in [1.29, 1.82) is 0 Å². The van der Waals surface area contributed by atoms with Gasteiger partial charge in [0, 0.05) is 18.8 Å². The molecule has 100 valence electrons. The van der Waals surface area contributed by atoms with Gasteiger partial charge in [-0.25, -0.2) is 0 Å². The number of hydrogen-bond acceptors (Lipinski definition) is 3. The summed E-state index contributed by atoms with van der Waals surface area (Å²) < 4.78 is 2.16. The summed E-state index contributed by atoms with van der Waals surface area (Å²) in [6.07, 6.45) is 9.72. The van der Waals surface area contributed by atoms with E-state index in [1.807, 2.05) is 0 Å². The van der Waals surface area contributed by atoms with Crippen LogP contribution in [0.2, 0.25) is 0 Å². The van der Waals surface area contributed by atoms with Crippen LogP contribution in [-0.4, -0.2) is 39.0 Å². The van der Waals surface area contributed by atoms with Crippen molar-refractivity contribution in [1.82, 2.24) is 14.7 Å². The Morgan fingerprint density at radius 2 is 2.06 bits per heavy atom. The summed E-state index contributed by atoms with van der Waals surface area (Å²) in [5.41, 5.74) is 1.15. The number of rotatable bonds is 4. The lowest BCUT2D eigenvalue weighted by atomic mass is 10.2. The molecule has 4 heteroatoms. The molecular formula is C14H23N3O. The molecular weight excluding hydrogens is 226 g/mol. The Balaban J connectivity index is 1.62. The fraction of sp³-hybridized carbons (Fsp3) is 0.786. The number of aromatic nitrogens is 2.